The number of rotatable bonds is 3. The number of hydrogen-bond acceptors (Lipinski definition) is 10. The first-order valence-corrected chi connectivity index (χ1v) is 10.5. The molecule has 0 radical (unpaired) electrons. The second-order valence-corrected chi connectivity index (χ2v) is 7.75. The first-order chi connectivity index (χ1) is 16.7. The second kappa shape index (κ2) is 9.71. The number of carbonyl (C=O) groups excluding carboxylic acids is 1. The zero-order valence-corrected chi connectivity index (χ0v) is 18.8. The lowest BCUT2D eigenvalue weighted by Crippen LogP contribution is -2.17. The predicted molar refractivity (Wildman–Crippen MR) is 123 cm³/mol. The maximum absolute atomic E-state index is 12.0. The first kappa shape index (κ1) is 23.5. The number of benzene rings is 1. The predicted octanol–water partition coefficient (Wildman–Crippen LogP) is 3.66. The van der Waals surface area contributed by atoms with E-state index in [4.69, 9.17) is 13.6 Å². The van der Waals surface area contributed by atoms with Gasteiger partial charge in [0.05, 0.1) is 18.8 Å². The van der Waals surface area contributed by atoms with Crippen LogP contribution in [0.2, 0.25) is 0 Å². The highest BCUT2D eigenvalue weighted by Gasteiger charge is 2.21. The Morgan fingerprint density at radius 1 is 1.17 bits per heavy atom. The van der Waals surface area contributed by atoms with Gasteiger partial charge < -0.3 is 23.4 Å². The van der Waals surface area contributed by atoms with Crippen molar-refractivity contribution in [2.45, 2.75) is 20.3 Å². The number of fused-ring (bicyclic) bond motifs is 2. The summed E-state index contributed by atoms with van der Waals surface area (Å²) in [6.45, 7) is 4.80. The van der Waals surface area contributed by atoms with Crippen LogP contribution in [0.4, 0.5) is 10.7 Å². The Morgan fingerprint density at radius 3 is 2.66 bits per heavy atom. The van der Waals surface area contributed by atoms with Crippen molar-refractivity contribution in [3.63, 3.8) is 0 Å². The molecular formula is C23H21N3O9. The van der Waals surface area contributed by atoms with Crippen LogP contribution in [-0.4, -0.2) is 47.1 Å². The minimum atomic E-state index is -0.651. The third kappa shape index (κ3) is 5.16. The van der Waals surface area contributed by atoms with Gasteiger partial charge in [-0.3, -0.25) is 14.9 Å². The van der Waals surface area contributed by atoms with Crippen molar-refractivity contribution in [1.29, 1.82) is 0 Å². The van der Waals surface area contributed by atoms with Gasteiger partial charge in [0.15, 0.2) is 11.2 Å². The minimum Gasteiger partial charge on any atom is -0.507 e. The molecule has 182 valence electrons. The third-order valence-electron chi connectivity index (χ3n) is 5.15. The molecule has 0 atom stereocenters. The number of cyclic esters (lactones) is 1. The molecule has 1 fully saturated rings. The van der Waals surface area contributed by atoms with Crippen molar-refractivity contribution in [2.75, 3.05) is 19.8 Å². The third-order valence-corrected chi connectivity index (χ3v) is 5.15. The summed E-state index contributed by atoms with van der Waals surface area (Å²) in [5.41, 5.74) is 1.86. The SMILES string of the molecule is CC1=CCc2c(cc3oc(C)cc(=O)c3c2O)OC1.O=C1OCCN1N=Cc1ccc([N+](=O)[O-])o1. The summed E-state index contributed by atoms with van der Waals surface area (Å²) in [6, 6.07) is 5.67. The number of carbonyl (C=O) groups is 1. The summed E-state index contributed by atoms with van der Waals surface area (Å²) in [5, 5.41) is 25.7. The minimum absolute atomic E-state index is 0.0350. The summed E-state index contributed by atoms with van der Waals surface area (Å²) in [5.74, 6) is 0.885. The van der Waals surface area contributed by atoms with Crippen molar-refractivity contribution < 1.29 is 33.1 Å². The highest BCUT2D eigenvalue weighted by atomic mass is 16.6. The average Bonchev–Trinajstić information content (AvgIpc) is 3.40. The molecule has 0 spiro atoms. The molecule has 0 saturated carbocycles. The molecule has 1 amide bonds. The number of phenols is 1. The van der Waals surface area contributed by atoms with Gasteiger partial charge in [0.1, 0.15) is 46.4 Å². The lowest BCUT2D eigenvalue weighted by Gasteiger charge is -2.11. The molecule has 1 aromatic carbocycles. The van der Waals surface area contributed by atoms with Gasteiger partial charge in [-0.15, -0.1) is 0 Å². The number of hydrogen-bond donors (Lipinski definition) is 1. The molecule has 12 heteroatoms. The lowest BCUT2D eigenvalue weighted by molar-refractivity contribution is -0.402. The maximum atomic E-state index is 12.0. The van der Waals surface area contributed by atoms with Crippen LogP contribution in [0, 0.1) is 17.0 Å². The number of hydrazone groups is 1. The van der Waals surface area contributed by atoms with E-state index in [0.717, 1.165) is 10.6 Å². The van der Waals surface area contributed by atoms with Crippen LogP contribution in [0.15, 0.2) is 54.6 Å². The number of amides is 1. The highest BCUT2D eigenvalue weighted by molar-refractivity contribution is 5.87. The van der Waals surface area contributed by atoms with Crippen LogP contribution in [0.3, 0.4) is 0 Å². The van der Waals surface area contributed by atoms with E-state index < -0.39 is 11.0 Å². The molecule has 12 nitrogen and oxygen atoms in total. The van der Waals surface area contributed by atoms with Crippen LogP contribution in [-0.2, 0) is 11.2 Å². The molecule has 35 heavy (non-hydrogen) atoms. The van der Waals surface area contributed by atoms with Crippen molar-refractivity contribution >= 4 is 29.2 Å². The fourth-order valence-electron chi connectivity index (χ4n) is 3.42. The van der Waals surface area contributed by atoms with Crippen LogP contribution in [0.25, 0.3) is 11.0 Å². The van der Waals surface area contributed by atoms with Gasteiger partial charge in [-0.05, 0) is 31.9 Å². The van der Waals surface area contributed by atoms with Gasteiger partial charge in [0, 0.05) is 17.7 Å². The monoisotopic (exact) mass is 483 g/mol. The zero-order valence-electron chi connectivity index (χ0n) is 18.8. The number of aromatic hydroxyl groups is 1. The number of nitro groups is 1. The molecule has 0 aliphatic carbocycles. The normalized spacial score (nSPS) is 15.1. The smallest absolute Gasteiger partial charge is 0.433 e. The molecule has 1 N–H and O–H groups in total. The van der Waals surface area contributed by atoms with Crippen molar-refractivity contribution in [3.05, 3.63) is 73.3 Å². The number of nitrogens with zero attached hydrogens (tertiary/aromatic N) is 3. The van der Waals surface area contributed by atoms with E-state index in [9.17, 15) is 24.8 Å². The molecule has 3 aromatic rings. The highest BCUT2D eigenvalue weighted by Crippen LogP contribution is 2.37. The van der Waals surface area contributed by atoms with Gasteiger partial charge in [0.2, 0.25) is 0 Å². The zero-order chi connectivity index (χ0) is 25.1. The Bertz CT molecular complexity index is 1420. The number of allylic oxidation sites excluding steroid dienone is 1. The standard InChI is InChI=1S/C15H14O4.C8H7N3O5/c1-8-3-4-10-12(18-7-8)6-13-14(15(10)17)11(16)5-9(2)19-13;12-8-10(3-4-15-8)9-5-6-1-2-7(16-6)11(13)14/h3,5-6,17H,4,7H2,1-2H3;1-2,5H,3-4H2. The van der Waals surface area contributed by atoms with Gasteiger partial charge in [-0.2, -0.15) is 10.1 Å². The number of furan rings is 1. The number of aryl methyl sites for hydroxylation is 1. The van der Waals surface area contributed by atoms with Crippen LogP contribution >= 0.6 is 0 Å². The van der Waals surface area contributed by atoms with E-state index in [-0.39, 0.29) is 34.8 Å². The second-order valence-electron chi connectivity index (χ2n) is 7.75. The molecule has 0 bridgehead atoms. The first-order valence-electron chi connectivity index (χ1n) is 10.5. The molecular weight excluding hydrogens is 462 g/mol. The van der Waals surface area contributed by atoms with Crippen molar-refractivity contribution in [1.82, 2.24) is 5.01 Å². The van der Waals surface area contributed by atoms with Crippen LogP contribution in [0.5, 0.6) is 11.5 Å². The summed E-state index contributed by atoms with van der Waals surface area (Å²) < 4.78 is 20.6. The van der Waals surface area contributed by atoms with E-state index >= 15 is 0 Å². The van der Waals surface area contributed by atoms with E-state index in [2.05, 4.69) is 9.84 Å². The largest absolute Gasteiger partial charge is 0.507 e. The summed E-state index contributed by atoms with van der Waals surface area (Å²) in [7, 11) is 0. The van der Waals surface area contributed by atoms with Crippen molar-refractivity contribution in [2.24, 2.45) is 5.10 Å². The molecule has 2 aliphatic heterocycles. The maximum Gasteiger partial charge on any atom is 0.433 e. The summed E-state index contributed by atoms with van der Waals surface area (Å²) >= 11 is 0. The topological polar surface area (TPSA) is 158 Å². The van der Waals surface area contributed by atoms with Gasteiger partial charge in [-0.25, -0.2) is 4.79 Å². The van der Waals surface area contributed by atoms with E-state index in [0.29, 0.717) is 42.2 Å². The van der Waals surface area contributed by atoms with E-state index in [1.54, 1.807) is 13.0 Å². The quantitative estimate of drug-likeness (QED) is 0.254. The van der Waals surface area contributed by atoms with Crippen LogP contribution < -0.4 is 10.2 Å². The van der Waals surface area contributed by atoms with Gasteiger partial charge in [0.25, 0.3) is 0 Å². The average molecular weight is 483 g/mol. The fraction of sp³-hybridized carbons (Fsp3) is 0.261. The molecule has 4 heterocycles. The molecule has 5 rings (SSSR count). The Labute approximate surface area is 197 Å². The van der Waals surface area contributed by atoms with Crippen LogP contribution in [0.1, 0.15) is 24.0 Å². The summed E-state index contributed by atoms with van der Waals surface area (Å²) in [6.07, 6.45) is 3.22. The summed E-state index contributed by atoms with van der Waals surface area (Å²) in [4.78, 5) is 32.6. The fourth-order valence-corrected chi connectivity index (χ4v) is 3.42. The Morgan fingerprint density at radius 2 is 1.97 bits per heavy atom. The Kier molecular flexibility index (Phi) is 6.53. The Hall–Kier alpha value is -4.61. The van der Waals surface area contributed by atoms with E-state index in [1.807, 2.05) is 13.0 Å². The Balaban J connectivity index is 0.000000168. The molecule has 2 aromatic heterocycles. The lowest BCUT2D eigenvalue weighted by atomic mass is 10.0. The molecule has 1 saturated heterocycles. The van der Waals surface area contributed by atoms with E-state index in [1.165, 1.54) is 24.4 Å². The van der Waals surface area contributed by atoms with Gasteiger partial charge >= 0.3 is 12.0 Å². The number of phenolic OH excluding ortho intramolecular Hbond substituents is 1. The van der Waals surface area contributed by atoms with Gasteiger partial charge in [-0.1, -0.05) is 6.08 Å². The molecule has 2 aliphatic rings. The van der Waals surface area contributed by atoms with Crippen molar-refractivity contribution in [3.8, 4) is 11.5 Å². The number of ether oxygens (including phenoxy) is 2. The molecule has 0 unspecified atom stereocenters.